The lowest BCUT2D eigenvalue weighted by atomic mass is 10.0. The number of rotatable bonds is 3. The number of aryl methyl sites for hydroxylation is 1. The molecule has 0 radical (unpaired) electrons. The first-order valence-corrected chi connectivity index (χ1v) is 9.47. The smallest absolute Gasteiger partial charge is 0.230 e. The van der Waals surface area contributed by atoms with E-state index in [0.717, 1.165) is 37.5 Å². The fourth-order valence-corrected chi connectivity index (χ4v) is 4.56. The van der Waals surface area contributed by atoms with Crippen molar-refractivity contribution >= 4 is 45.0 Å². The van der Waals surface area contributed by atoms with Gasteiger partial charge in [0.2, 0.25) is 11.8 Å². The van der Waals surface area contributed by atoms with Gasteiger partial charge >= 0.3 is 0 Å². The standard InChI is InChI=1S/C19H16ClN3O2S/c1-10-5-12(20)6-14(11(10)2)18-19-15(21-9-22-18)7-13(26-19)8-23-16(24)3-4-17(23)25/h5-7,9H,3-4,8H2,1-2H3. The molecule has 0 N–H and O–H groups in total. The van der Waals surface area contributed by atoms with E-state index >= 15 is 0 Å². The molecule has 0 spiro atoms. The van der Waals surface area contributed by atoms with Crippen LogP contribution in [-0.2, 0) is 16.1 Å². The summed E-state index contributed by atoms with van der Waals surface area (Å²) >= 11 is 7.77. The molecule has 1 aromatic carbocycles. The third-order valence-corrected chi connectivity index (χ3v) is 6.05. The highest BCUT2D eigenvalue weighted by molar-refractivity contribution is 7.19. The molecule has 4 rings (SSSR count). The number of fused-ring (bicyclic) bond motifs is 1. The number of imide groups is 1. The lowest BCUT2D eigenvalue weighted by molar-refractivity contribution is -0.138. The zero-order chi connectivity index (χ0) is 18.4. The van der Waals surface area contributed by atoms with Crippen LogP contribution in [0.1, 0.15) is 28.8 Å². The molecule has 0 bridgehead atoms. The van der Waals surface area contributed by atoms with Crippen LogP contribution in [0.2, 0.25) is 5.02 Å². The average molecular weight is 386 g/mol. The van der Waals surface area contributed by atoms with Gasteiger partial charge in [-0.2, -0.15) is 0 Å². The van der Waals surface area contributed by atoms with Crippen molar-refractivity contribution in [3.8, 4) is 11.3 Å². The van der Waals surface area contributed by atoms with Crippen molar-refractivity contribution in [2.45, 2.75) is 33.2 Å². The van der Waals surface area contributed by atoms with E-state index in [2.05, 4.69) is 9.97 Å². The van der Waals surface area contributed by atoms with E-state index < -0.39 is 0 Å². The molecular formula is C19H16ClN3O2S. The Hall–Kier alpha value is -2.31. The van der Waals surface area contributed by atoms with Gasteiger partial charge in [-0.3, -0.25) is 14.5 Å². The lowest BCUT2D eigenvalue weighted by Crippen LogP contribution is -2.27. The summed E-state index contributed by atoms with van der Waals surface area (Å²) in [5.41, 5.74) is 4.84. The molecule has 132 valence electrons. The number of hydrogen-bond acceptors (Lipinski definition) is 5. The molecule has 1 fully saturated rings. The number of halogens is 1. The first kappa shape index (κ1) is 17.1. The SMILES string of the molecule is Cc1cc(Cl)cc(-c2ncnc3cc(CN4C(=O)CCC4=O)sc23)c1C. The predicted octanol–water partition coefficient (Wildman–Crippen LogP) is 4.28. The van der Waals surface area contributed by atoms with Crippen LogP contribution >= 0.6 is 22.9 Å². The molecule has 1 saturated heterocycles. The zero-order valence-corrected chi connectivity index (χ0v) is 15.9. The number of likely N-dealkylation sites (tertiary alicyclic amines) is 1. The van der Waals surface area contributed by atoms with Gasteiger partial charge in [0.1, 0.15) is 6.33 Å². The normalized spacial score (nSPS) is 14.7. The van der Waals surface area contributed by atoms with Crippen molar-refractivity contribution in [2.75, 3.05) is 0 Å². The van der Waals surface area contributed by atoms with Gasteiger partial charge in [-0.25, -0.2) is 9.97 Å². The Morgan fingerprint density at radius 1 is 1.12 bits per heavy atom. The molecular weight excluding hydrogens is 370 g/mol. The van der Waals surface area contributed by atoms with Crippen LogP contribution in [0.15, 0.2) is 24.5 Å². The molecule has 5 nitrogen and oxygen atoms in total. The van der Waals surface area contributed by atoms with E-state index in [1.807, 2.05) is 32.0 Å². The zero-order valence-electron chi connectivity index (χ0n) is 14.4. The van der Waals surface area contributed by atoms with Gasteiger partial charge in [0, 0.05) is 28.3 Å². The Morgan fingerprint density at radius 3 is 2.58 bits per heavy atom. The number of amides is 2. The third-order valence-electron chi connectivity index (χ3n) is 4.72. The Kier molecular flexibility index (Phi) is 4.25. The topological polar surface area (TPSA) is 63.2 Å². The maximum absolute atomic E-state index is 11.9. The van der Waals surface area contributed by atoms with Gasteiger partial charge < -0.3 is 0 Å². The van der Waals surface area contributed by atoms with Gasteiger partial charge in [0.05, 0.1) is 22.5 Å². The summed E-state index contributed by atoms with van der Waals surface area (Å²) in [5, 5.41) is 0.667. The van der Waals surface area contributed by atoms with Crippen LogP contribution in [0, 0.1) is 13.8 Å². The summed E-state index contributed by atoms with van der Waals surface area (Å²) in [6.07, 6.45) is 2.14. The quantitative estimate of drug-likeness (QED) is 0.631. The number of aromatic nitrogens is 2. The van der Waals surface area contributed by atoms with Crippen molar-refractivity contribution < 1.29 is 9.59 Å². The van der Waals surface area contributed by atoms with Crippen LogP contribution in [0.25, 0.3) is 21.5 Å². The average Bonchev–Trinajstić information content (AvgIpc) is 3.16. The number of carbonyl (C=O) groups excluding carboxylic acids is 2. The van der Waals surface area contributed by atoms with Crippen LogP contribution < -0.4 is 0 Å². The van der Waals surface area contributed by atoms with E-state index in [4.69, 9.17) is 11.6 Å². The molecule has 2 amide bonds. The van der Waals surface area contributed by atoms with Crippen LogP contribution in [0.5, 0.6) is 0 Å². The second kappa shape index (κ2) is 6.45. The molecule has 2 aromatic heterocycles. The molecule has 3 aromatic rings. The fraction of sp³-hybridized carbons (Fsp3) is 0.263. The Bertz CT molecular complexity index is 1040. The predicted molar refractivity (Wildman–Crippen MR) is 102 cm³/mol. The highest BCUT2D eigenvalue weighted by atomic mass is 35.5. The Balaban J connectivity index is 1.80. The first-order valence-electron chi connectivity index (χ1n) is 8.28. The van der Waals surface area contributed by atoms with E-state index in [1.54, 1.807) is 0 Å². The van der Waals surface area contributed by atoms with Gasteiger partial charge in [-0.05, 0) is 43.2 Å². The molecule has 3 heterocycles. The van der Waals surface area contributed by atoms with Crippen molar-refractivity contribution in [1.82, 2.24) is 14.9 Å². The molecule has 1 aliphatic heterocycles. The Morgan fingerprint density at radius 2 is 1.85 bits per heavy atom. The lowest BCUT2D eigenvalue weighted by Gasteiger charge is -2.11. The number of thiophene rings is 1. The van der Waals surface area contributed by atoms with E-state index in [0.29, 0.717) is 24.4 Å². The number of nitrogens with zero attached hydrogens (tertiary/aromatic N) is 3. The van der Waals surface area contributed by atoms with Crippen LogP contribution in [0.3, 0.4) is 0 Å². The van der Waals surface area contributed by atoms with Crippen molar-refractivity contribution in [1.29, 1.82) is 0 Å². The second-order valence-corrected chi connectivity index (χ2v) is 7.99. The third kappa shape index (κ3) is 2.89. The van der Waals surface area contributed by atoms with Crippen molar-refractivity contribution in [3.63, 3.8) is 0 Å². The molecule has 0 atom stereocenters. The maximum atomic E-state index is 11.9. The summed E-state index contributed by atoms with van der Waals surface area (Å²) < 4.78 is 0.936. The second-order valence-electron chi connectivity index (χ2n) is 6.42. The van der Waals surface area contributed by atoms with Gasteiger partial charge in [0.25, 0.3) is 0 Å². The highest BCUT2D eigenvalue weighted by Crippen LogP contribution is 2.36. The molecule has 0 unspecified atom stereocenters. The van der Waals surface area contributed by atoms with E-state index in [1.165, 1.54) is 22.6 Å². The van der Waals surface area contributed by atoms with E-state index in [9.17, 15) is 9.59 Å². The molecule has 0 saturated carbocycles. The summed E-state index contributed by atoms with van der Waals surface area (Å²) in [5.74, 6) is -0.222. The summed E-state index contributed by atoms with van der Waals surface area (Å²) in [6.45, 7) is 4.37. The summed E-state index contributed by atoms with van der Waals surface area (Å²) in [4.78, 5) is 34.8. The highest BCUT2D eigenvalue weighted by Gasteiger charge is 2.29. The number of hydrogen-bond donors (Lipinski definition) is 0. The molecule has 0 aliphatic carbocycles. The van der Waals surface area contributed by atoms with Gasteiger partial charge in [-0.1, -0.05) is 11.6 Å². The van der Waals surface area contributed by atoms with Gasteiger partial charge in [-0.15, -0.1) is 11.3 Å². The van der Waals surface area contributed by atoms with Crippen LogP contribution in [0.4, 0.5) is 0 Å². The molecule has 26 heavy (non-hydrogen) atoms. The fourth-order valence-electron chi connectivity index (χ4n) is 3.19. The van der Waals surface area contributed by atoms with Crippen molar-refractivity contribution in [2.24, 2.45) is 0 Å². The monoisotopic (exact) mass is 385 g/mol. The largest absolute Gasteiger partial charge is 0.277 e. The minimum Gasteiger partial charge on any atom is -0.277 e. The molecule has 1 aliphatic rings. The Labute approximate surface area is 159 Å². The number of benzene rings is 1. The summed E-state index contributed by atoms with van der Waals surface area (Å²) in [6, 6.07) is 5.78. The minimum atomic E-state index is -0.111. The molecule has 7 heteroatoms. The van der Waals surface area contributed by atoms with Crippen LogP contribution in [-0.4, -0.2) is 26.7 Å². The van der Waals surface area contributed by atoms with Gasteiger partial charge in [0.15, 0.2) is 0 Å². The maximum Gasteiger partial charge on any atom is 0.230 e. The minimum absolute atomic E-state index is 0.111. The first-order chi connectivity index (χ1) is 12.4. The van der Waals surface area contributed by atoms with Crippen molar-refractivity contribution in [3.05, 3.63) is 45.6 Å². The summed E-state index contributed by atoms with van der Waals surface area (Å²) in [7, 11) is 0. The van der Waals surface area contributed by atoms with E-state index in [-0.39, 0.29) is 11.8 Å². The number of carbonyl (C=O) groups is 2.